The maximum absolute atomic E-state index is 13.4. The third-order valence-electron chi connectivity index (χ3n) is 10.5. The zero-order valence-corrected chi connectivity index (χ0v) is 30.2. The van der Waals surface area contributed by atoms with E-state index in [1.165, 1.54) is 0 Å². The summed E-state index contributed by atoms with van der Waals surface area (Å²) in [6, 6.07) is 13.5. The number of aromatic amines is 1. The quantitative estimate of drug-likeness (QED) is 0.191. The Balaban J connectivity index is 1.36. The largest absolute Gasteiger partial charge is 0.351 e. The molecule has 2 heterocycles. The Labute approximate surface area is 299 Å². The van der Waals surface area contributed by atoms with Gasteiger partial charge in [-0.25, -0.2) is 0 Å². The number of amides is 3. The van der Waals surface area contributed by atoms with Gasteiger partial charge < -0.3 is 30.7 Å². The van der Waals surface area contributed by atoms with Crippen molar-refractivity contribution in [2.75, 3.05) is 60.9 Å². The van der Waals surface area contributed by atoms with Gasteiger partial charge in [-0.15, -0.1) is 10.2 Å². The number of hydrogen-bond donors (Lipinski definition) is 4. The van der Waals surface area contributed by atoms with Crippen molar-refractivity contribution < 1.29 is 14.4 Å². The lowest BCUT2D eigenvalue weighted by Crippen LogP contribution is -2.46. The summed E-state index contributed by atoms with van der Waals surface area (Å²) in [6.45, 7) is 4.63. The van der Waals surface area contributed by atoms with Gasteiger partial charge in [0.05, 0.1) is 18.0 Å². The van der Waals surface area contributed by atoms with Crippen molar-refractivity contribution in [3.63, 3.8) is 0 Å². The maximum atomic E-state index is 13.4. The van der Waals surface area contributed by atoms with Crippen LogP contribution < -0.4 is 16.0 Å². The number of H-pyrrole nitrogens is 1. The fourth-order valence-electron chi connectivity index (χ4n) is 7.83. The maximum Gasteiger partial charge on any atom is 0.251 e. The number of aromatic nitrogens is 4. The molecule has 51 heavy (non-hydrogen) atoms. The molecule has 1 aromatic heterocycles. The number of carbonyl (C=O) groups is 3. The number of benzene rings is 2. The highest BCUT2D eigenvalue weighted by Gasteiger charge is 2.54. The van der Waals surface area contributed by atoms with Crippen molar-refractivity contribution in [3.8, 4) is 6.07 Å². The van der Waals surface area contributed by atoms with E-state index < -0.39 is 5.41 Å². The van der Waals surface area contributed by atoms with Crippen molar-refractivity contribution >= 4 is 17.7 Å². The van der Waals surface area contributed by atoms with Crippen LogP contribution >= 0.6 is 0 Å². The Kier molecular flexibility index (Phi) is 10.8. The Bertz CT molecular complexity index is 1710. The number of piperidine rings is 1. The number of nitrogens with zero attached hydrogens (tertiary/aromatic N) is 7. The normalized spacial score (nSPS) is 20.5. The Morgan fingerprint density at radius 1 is 0.961 bits per heavy atom. The van der Waals surface area contributed by atoms with Gasteiger partial charge in [0.25, 0.3) is 11.8 Å². The summed E-state index contributed by atoms with van der Waals surface area (Å²) in [5.41, 5.74) is 4.04. The number of nitrogens with one attached hydrogen (secondary N) is 4. The molecule has 3 amide bonds. The van der Waals surface area contributed by atoms with Crippen LogP contribution in [0.3, 0.4) is 0 Å². The Morgan fingerprint density at radius 3 is 2.06 bits per heavy atom. The molecule has 0 bridgehead atoms. The number of likely N-dealkylation sites (tertiary alicyclic amines) is 1. The molecule has 2 fully saturated rings. The van der Waals surface area contributed by atoms with Crippen LogP contribution in [0.4, 0.5) is 0 Å². The zero-order chi connectivity index (χ0) is 36.3. The van der Waals surface area contributed by atoms with Crippen LogP contribution in [-0.4, -0.2) is 132 Å². The van der Waals surface area contributed by atoms with E-state index in [0.29, 0.717) is 55.2 Å². The molecule has 4 N–H and O–H groups in total. The minimum atomic E-state index is -0.937. The van der Waals surface area contributed by atoms with Crippen molar-refractivity contribution in [1.82, 2.24) is 51.3 Å². The number of fused-ring (bicyclic) bond motifs is 3. The SMILES string of the molecule is C[C@@H](CC1(c2nn[nH]n2)c2ccc(C(=O)NCCN(C)C)cc2CCc2cc(C(=O)NCCN(C)C)ccc21)NCC(=O)N1C(C#N)C[C@@H]2C[C@@H]21. The fourth-order valence-corrected chi connectivity index (χ4v) is 7.83. The average Bonchev–Trinajstić information content (AvgIpc) is 3.49. The lowest BCUT2D eigenvalue weighted by molar-refractivity contribution is -0.131. The Morgan fingerprint density at radius 2 is 1.55 bits per heavy atom. The van der Waals surface area contributed by atoms with Crippen LogP contribution in [0.5, 0.6) is 0 Å². The molecule has 1 aliphatic heterocycles. The highest BCUT2D eigenvalue weighted by Crippen LogP contribution is 2.48. The predicted molar refractivity (Wildman–Crippen MR) is 191 cm³/mol. The molecule has 4 atom stereocenters. The van der Waals surface area contributed by atoms with Gasteiger partial charge in [0.2, 0.25) is 5.91 Å². The Hall–Kier alpha value is -4.71. The van der Waals surface area contributed by atoms with Gasteiger partial charge in [-0.3, -0.25) is 14.4 Å². The first kappa shape index (κ1) is 36.1. The lowest BCUT2D eigenvalue weighted by Gasteiger charge is -2.36. The average molecular weight is 696 g/mol. The van der Waals surface area contributed by atoms with E-state index in [9.17, 15) is 19.6 Å². The topological polar surface area (TPSA) is 175 Å². The molecule has 1 saturated carbocycles. The van der Waals surface area contributed by atoms with Crippen LogP contribution in [0.1, 0.15) is 75.0 Å². The van der Waals surface area contributed by atoms with Gasteiger partial charge >= 0.3 is 0 Å². The zero-order valence-electron chi connectivity index (χ0n) is 30.2. The summed E-state index contributed by atoms with van der Waals surface area (Å²) >= 11 is 0. The molecular weight excluding hydrogens is 646 g/mol. The van der Waals surface area contributed by atoms with Crippen LogP contribution in [0.2, 0.25) is 0 Å². The second-order valence-electron chi connectivity index (χ2n) is 14.7. The van der Waals surface area contributed by atoms with E-state index in [1.807, 2.05) is 81.3 Å². The summed E-state index contributed by atoms with van der Waals surface area (Å²) < 4.78 is 0. The molecule has 1 saturated heterocycles. The van der Waals surface area contributed by atoms with Crippen LogP contribution in [-0.2, 0) is 23.1 Å². The highest BCUT2D eigenvalue weighted by atomic mass is 16.2. The van der Waals surface area contributed by atoms with E-state index in [1.54, 1.807) is 4.90 Å². The molecule has 2 aromatic carbocycles. The minimum absolute atomic E-state index is 0.0662. The fraction of sp³-hybridized carbons (Fsp3) is 0.541. The van der Waals surface area contributed by atoms with Gasteiger partial charge in [-0.05, 0) is 120 Å². The summed E-state index contributed by atoms with van der Waals surface area (Å²) in [7, 11) is 7.86. The summed E-state index contributed by atoms with van der Waals surface area (Å²) in [6.07, 6.45) is 3.43. The van der Waals surface area contributed by atoms with Crippen LogP contribution in [0.15, 0.2) is 36.4 Å². The number of likely N-dealkylation sites (N-methyl/N-ethyl adjacent to an activating group) is 2. The van der Waals surface area contributed by atoms with Gasteiger partial charge in [0.15, 0.2) is 5.82 Å². The van der Waals surface area contributed by atoms with E-state index in [-0.39, 0.29) is 42.4 Å². The molecule has 270 valence electrons. The summed E-state index contributed by atoms with van der Waals surface area (Å²) in [5, 5.41) is 35.0. The molecule has 14 heteroatoms. The first-order valence-corrected chi connectivity index (χ1v) is 17.8. The standard InChI is InChI=1S/C37H49N11O3/c1-23(41-22-33(49)48-29(21-38)18-28-19-32(28)48)20-37(36-42-44-45-43-36)30-10-8-26(34(50)39-12-14-46(2)3)16-24(30)6-7-25-17-27(9-11-31(25)37)35(51)40-13-15-47(4)5/h8-11,16-17,23,28-29,32,41H,6-7,12-15,18-20,22H2,1-5H3,(H,39,50)(H,40,51)(H,42,43,44,45)/t23-,28+,29?,32-/m0/s1. The molecule has 0 radical (unpaired) electrons. The summed E-state index contributed by atoms with van der Waals surface area (Å²) in [5.74, 6) is 0.544. The molecule has 14 nitrogen and oxygen atoms in total. The minimum Gasteiger partial charge on any atom is -0.351 e. The van der Waals surface area contributed by atoms with Crippen molar-refractivity contribution in [2.45, 2.75) is 62.6 Å². The van der Waals surface area contributed by atoms with Gasteiger partial charge in [-0.1, -0.05) is 17.3 Å². The van der Waals surface area contributed by atoms with E-state index in [4.69, 9.17) is 0 Å². The van der Waals surface area contributed by atoms with Crippen molar-refractivity contribution in [2.24, 2.45) is 5.92 Å². The predicted octanol–water partition coefficient (Wildman–Crippen LogP) is 1.10. The van der Waals surface area contributed by atoms with Crippen molar-refractivity contribution in [3.05, 3.63) is 75.6 Å². The third-order valence-corrected chi connectivity index (χ3v) is 10.5. The van der Waals surface area contributed by atoms with Gasteiger partial charge in [0, 0.05) is 49.4 Å². The van der Waals surface area contributed by atoms with Gasteiger partial charge in [-0.2, -0.15) is 10.5 Å². The van der Waals surface area contributed by atoms with Crippen LogP contribution in [0.25, 0.3) is 0 Å². The molecule has 2 aliphatic carbocycles. The molecule has 6 rings (SSSR count). The van der Waals surface area contributed by atoms with Crippen LogP contribution in [0, 0.1) is 17.2 Å². The molecule has 1 unspecified atom stereocenters. The second kappa shape index (κ2) is 15.3. The first-order valence-electron chi connectivity index (χ1n) is 17.8. The number of rotatable bonds is 14. The lowest BCUT2D eigenvalue weighted by atomic mass is 9.67. The van der Waals surface area contributed by atoms with E-state index >= 15 is 0 Å². The summed E-state index contributed by atoms with van der Waals surface area (Å²) in [4.78, 5) is 45.8. The van der Waals surface area contributed by atoms with E-state index in [2.05, 4.69) is 42.6 Å². The number of carbonyl (C=O) groups excluding carboxylic acids is 3. The highest BCUT2D eigenvalue weighted by molar-refractivity contribution is 5.95. The molecule has 3 aromatic rings. The van der Waals surface area contributed by atoms with E-state index in [0.717, 1.165) is 48.2 Å². The van der Waals surface area contributed by atoms with Gasteiger partial charge in [0.1, 0.15) is 6.04 Å². The number of tetrazole rings is 1. The first-order chi connectivity index (χ1) is 24.5. The number of hydrogen-bond acceptors (Lipinski definition) is 10. The smallest absolute Gasteiger partial charge is 0.251 e. The molecule has 3 aliphatic rings. The number of nitriles is 1. The monoisotopic (exact) mass is 695 g/mol. The number of aryl methyl sites for hydroxylation is 2. The second-order valence-corrected chi connectivity index (χ2v) is 14.7. The molecule has 0 spiro atoms. The third kappa shape index (κ3) is 7.66. The van der Waals surface area contributed by atoms with Crippen molar-refractivity contribution in [1.29, 1.82) is 5.26 Å². The molecular formula is C37H49N11O3.